The van der Waals surface area contributed by atoms with Crippen molar-refractivity contribution in [2.45, 2.75) is 103 Å². The Morgan fingerprint density at radius 1 is 1.28 bits per heavy atom. The Balaban J connectivity index is 2.13. The van der Waals surface area contributed by atoms with Gasteiger partial charge in [-0.15, -0.1) is 0 Å². The number of esters is 1. The second-order valence-electron chi connectivity index (χ2n) is 11.0. The minimum Gasteiger partial charge on any atom is -0.466 e. The first-order valence-corrected chi connectivity index (χ1v) is 12.0. The van der Waals surface area contributed by atoms with Crippen molar-refractivity contribution < 1.29 is 29.0 Å². The van der Waals surface area contributed by atoms with Gasteiger partial charge in [0, 0.05) is 5.54 Å². The lowest BCUT2D eigenvalue weighted by Gasteiger charge is -2.39. The predicted molar refractivity (Wildman–Crippen MR) is 119 cm³/mol. The maximum absolute atomic E-state index is 14.0. The van der Waals surface area contributed by atoms with Gasteiger partial charge in [0.25, 0.3) is 0 Å². The van der Waals surface area contributed by atoms with Crippen LogP contribution in [-0.2, 0) is 23.9 Å². The van der Waals surface area contributed by atoms with Gasteiger partial charge in [-0.1, -0.05) is 20.8 Å². The number of likely N-dealkylation sites (tertiary alicyclic amines) is 1. The number of amides is 2. The fourth-order valence-corrected chi connectivity index (χ4v) is 6.20. The van der Waals surface area contributed by atoms with E-state index >= 15 is 0 Å². The molecular weight excluding hydrogens is 412 g/mol. The largest absolute Gasteiger partial charge is 0.466 e. The molecule has 32 heavy (non-hydrogen) atoms. The monoisotopic (exact) mass is 452 g/mol. The fourth-order valence-electron chi connectivity index (χ4n) is 6.20. The molecule has 6 atom stereocenters. The molecular formula is C24H40N2O6. The van der Waals surface area contributed by atoms with Crippen LogP contribution in [0.3, 0.4) is 0 Å². The van der Waals surface area contributed by atoms with Crippen LogP contribution in [0.4, 0.5) is 0 Å². The quantitative estimate of drug-likeness (QED) is 0.546. The summed E-state index contributed by atoms with van der Waals surface area (Å²) in [5.74, 6) is -2.34. The molecule has 3 aliphatic heterocycles. The Labute approximate surface area is 191 Å². The molecule has 0 aromatic rings. The van der Waals surface area contributed by atoms with Gasteiger partial charge in [0.2, 0.25) is 11.8 Å². The molecule has 8 nitrogen and oxygen atoms in total. The molecule has 3 fully saturated rings. The molecule has 0 aliphatic carbocycles. The Hall–Kier alpha value is -1.67. The van der Waals surface area contributed by atoms with Gasteiger partial charge in [-0.2, -0.15) is 0 Å². The molecule has 0 saturated carbocycles. The van der Waals surface area contributed by atoms with E-state index in [1.54, 1.807) is 6.92 Å². The summed E-state index contributed by atoms with van der Waals surface area (Å²) in [6.07, 6.45) is 2.22. The summed E-state index contributed by atoms with van der Waals surface area (Å²) >= 11 is 0. The summed E-state index contributed by atoms with van der Waals surface area (Å²) < 4.78 is 12.0. The molecule has 0 radical (unpaired) electrons. The highest BCUT2D eigenvalue weighted by Crippen LogP contribution is 2.64. The molecule has 0 aromatic heterocycles. The van der Waals surface area contributed by atoms with Crippen LogP contribution in [0.5, 0.6) is 0 Å². The van der Waals surface area contributed by atoms with Gasteiger partial charge < -0.3 is 24.8 Å². The summed E-state index contributed by atoms with van der Waals surface area (Å²) in [6, 6.07) is -1.43. The number of nitrogens with one attached hydrogen (secondary N) is 1. The van der Waals surface area contributed by atoms with E-state index in [0.29, 0.717) is 25.7 Å². The first-order chi connectivity index (χ1) is 14.9. The highest BCUT2D eigenvalue weighted by Gasteiger charge is 2.79. The van der Waals surface area contributed by atoms with Crippen molar-refractivity contribution in [3.8, 4) is 0 Å². The lowest BCUT2D eigenvalue weighted by molar-refractivity contribution is -0.162. The van der Waals surface area contributed by atoms with Crippen LogP contribution in [0.1, 0.15) is 74.1 Å². The van der Waals surface area contributed by atoms with Crippen LogP contribution in [0, 0.1) is 17.8 Å². The van der Waals surface area contributed by atoms with Crippen molar-refractivity contribution in [3.05, 3.63) is 0 Å². The molecule has 2 bridgehead atoms. The summed E-state index contributed by atoms with van der Waals surface area (Å²) in [4.78, 5) is 42.2. The highest BCUT2D eigenvalue weighted by atomic mass is 16.6. The van der Waals surface area contributed by atoms with Crippen molar-refractivity contribution in [2.75, 3.05) is 13.2 Å². The van der Waals surface area contributed by atoms with Crippen LogP contribution in [0.25, 0.3) is 0 Å². The molecule has 3 rings (SSSR count). The van der Waals surface area contributed by atoms with E-state index in [1.165, 1.54) is 4.90 Å². The average molecular weight is 453 g/mol. The smallest absolute Gasteiger partial charge is 0.312 e. The molecule has 2 amide bonds. The van der Waals surface area contributed by atoms with Crippen LogP contribution in [0.15, 0.2) is 0 Å². The molecule has 8 heteroatoms. The van der Waals surface area contributed by atoms with Crippen LogP contribution in [0.2, 0.25) is 0 Å². The number of fused-ring (bicyclic) bond motifs is 1. The van der Waals surface area contributed by atoms with E-state index in [4.69, 9.17) is 9.47 Å². The maximum Gasteiger partial charge on any atom is 0.312 e. The zero-order chi connectivity index (χ0) is 24.1. The number of hydrogen-bond donors (Lipinski definition) is 2. The van der Waals surface area contributed by atoms with Crippen molar-refractivity contribution >= 4 is 17.8 Å². The number of carbonyl (C=O) groups is 3. The third-order valence-corrected chi connectivity index (χ3v) is 7.25. The second-order valence-corrected chi connectivity index (χ2v) is 11.0. The lowest BCUT2D eigenvalue weighted by Crippen LogP contribution is -2.60. The normalized spacial score (nSPS) is 34.7. The van der Waals surface area contributed by atoms with Crippen LogP contribution < -0.4 is 5.32 Å². The number of carbonyl (C=O) groups excluding carboxylic acids is 3. The third-order valence-electron chi connectivity index (χ3n) is 7.25. The molecule has 3 saturated heterocycles. The van der Waals surface area contributed by atoms with Gasteiger partial charge in [-0.05, 0) is 59.3 Å². The Morgan fingerprint density at radius 3 is 2.44 bits per heavy atom. The van der Waals surface area contributed by atoms with E-state index < -0.39 is 46.6 Å². The number of nitrogens with zero attached hydrogens (tertiary/aromatic N) is 1. The Morgan fingerprint density at radius 2 is 1.94 bits per heavy atom. The number of rotatable bonds is 8. The van der Waals surface area contributed by atoms with Gasteiger partial charge in [0.15, 0.2) is 0 Å². The minimum absolute atomic E-state index is 0.212. The van der Waals surface area contributed by atoms with Crippen LogP contribution >= 0.6 is 0 Å². The van der Waals surface area contributed by atoms with E-state index in [2.05, 4.69) is 5.32 Å². The second kappa shape index (κ2) is 8.60. The number of hydrogen-bond acceptors (Lipinski definition) is 6. The average Bonchev–Trinajstić information content (AvgIpc) is 3.28. The molecule has 3 aliphatic rings. The summed E-state index contributed by atoms with van der Waals surface area (Å²) in [5, 5.41) is 13.2. The fraction of sp³-hybridized carbons (Fsp3) is 0.875. The van der Waals surface area contributed by atoms with Gasteiger partial charge in [0.05, 0.1) is 30.8 Å². The van der Waals surface area contributed by atoms with E-state index in [-0.39, 0.29) is 30.9 Å². The van der Waals surface area contributed by atoms with Crippen LogP contribution in [-0.4, -0.2) is 69.8 Å². The molecule has 1 spiro atoms. The topological polar surface area (TPSA) is 105 Å². The Kier molecular flexibility index (Phi) is 6.71. The van der Waals surface area contributed by atoms with Gasteiger partial charge in [-0.25, -0.2) is 0 Å². The molecule has 2 N–H and O–H groups in total. The SMILES string of the molecule is CCOC(=O)[C@H]1[C@H]2C(=O)N([C@@H](CO)CC(C)C)C(C(=O)NC(C)(C)C)C23CC[C@]1(CC)O3. The van der Waals surface area contributed by atoms with E-state index in [1.807, 2.05) is 41.5 Å². The van der Waals surface area contributed by atoms with Crippen molar-refractivity contribution in [2.24, 2.45) is 17.8 Å². The number of ether oxygens (including phenoxy) is 2. The van der Waals surface area contributed by atoms with E-state index in [9.17, 15) is 19.5 Å². The third kappa shape index (κ3) is 3.83. The summed E-state index contributed by atoms with van der Waals surface area (Å²) in [7, 11) is 0. The molecule has 2 unspecified atom stereocenters. The van der Waals surface area contributed by atoms with Gasteiger partial charge >= 0.3 is 5.97 Å². The highest BCUT2D eigenvalue weighted by molar-refractivity contribution is 5.98. The lowest BCUT2D eigenvalue weighted by atomic mass is 9.65. The van der Waals surface area contributed by atoms with Gasteiger partial charge in [-0.3, -0.25) is 14.4 Å². The zero-order valence-electron chi connectivity index (χ0n) is 20.6. The standard InChI is InChI=1S/C24H40N2O6/c1-8-23-10-11-24(32-23)16(17(23)21(30)31-9-2)20(29)26(15(13-27)12-14(3)4)18(24)19(28)25-22(5,6)7/h14-18,27H,8-13H2,1-7H3,(H,25,28)/t15-,16+,17-,18?,23+,24?/m1/s1. The zero-order valence-corrected chi connectivity index (χ0v) is 20.6. The molecule has 0 aromatic carbocycles. The number of aliphatic hydroxyl groups is 1. The van der Waals surface area contributed by atoms with Gasteiger partial charge in [0.1, 0.15) is 17.6 Å². The van der Waals surface area contributed by atoms with Crippen molar-refractivity contribution in [3.63, 3.8) is 0 Å². The number of aliphatic hydroxyl groups excluding tert-OH is 1. The molecule has 3 heterocycles. The van der Waals surface area contributed by atoms with Crippen molar-refractivity contribution in [1.82, 2.24) is 10.2 Å². The maximum atomic E-state index is 14.0. The molecule has 182 valence electrons. The first-order valence-electron chi connectivity index (χ1n) is 12.0. The van der Waals surface area contributed by atoms with E-state index in [0.717, 1.165) is 0 Å². The van der Waals surface area contributed by atoms with Crippen molar-refractivity contribution in [1.29, 1.82) is 0 Å². The summed E-state index contributed by atoms with van der Waals surface area (Å²) in [5.41, 5.74) is -2.40. The first kappa shape index (κ1) is 25.0. The summed E-state index contributed by atoms with van der Waals surface area (Å²) in [6.45, 7) is 13.4. The Bertz CT molecular complexity index is 762. The predicted octanol–water partition coefficient (Wildman–Crippen LogP) is 2.03. The minimum atomic E-state index is -1.09.